The Morgan fingerprint density at radius 1 is 0.389 bits per heavy atom. The molecular formula is C75H97Cl4NaO26P6S. The Hall–Kier alpha value is -6.56. The van der Waals surface area contributed by atoms with Crippen LogP contribution in [0.4, 0.5) is 0 Å². The van der Waals surface area contributed by atoms with E-state index in [2.05, 4.69) is 65.6 Å². The zero-order valence-corrected chi connectivity index (χ0v) is 74.6. The quantitative estimate of drug-likeness (QED) is 0.00727. The van der Waals surface area contributed by atoms with Crippen LogP contribution >= 0.6 is 87.7 Å². The first kappa shape index (κ1) is 113. The maximum absolute atomic E-state index is 12.6. The van der Waals surface area contributed by atoms with Gasteiger partial charge < -0.3 is 66.8 Å². The molecule has 0 heterocycles. The summed E-state index contributed by atoms with van der Waals surface area (Å²) in [7, 11) is -9.98. The smallest absolute Gasteiger partial charge is 0.870 e. The minimum absolute atomic E-state index is 0. The molecule has 26 nitrogen and oxygen atoms in total. The van der Waals surface area contributed by atoms with Gasteiger partial charge in [0.15, 0.2) is 12.2 Å². The van der Waals surface area contributed by atoms with E-state index in [1.165, 1.54) is 57.2 Å². The average Bonchev–Trinajstić information content (AvgIpc) is 0.851. The fourth-order valence-corrected chi connectivity index (χ4v) is 14.0. The zero-order chi connectivity index (χ0) is 84.2. The number of benzene rings is 7. The van der Waals surface area contributed by atoms with Crippen molar-refractivity contribution in [2.45, 2.75) is 59.9 Å². The fraction of sp³-hybridized carbons (Fsp3) is 0.240. The van der Waals surface area contributed by atoms with Crippen LogP contribution < -0.4 is 56.7 Å². The maximum Gasteiger partial charge on any atom is 1.00 e. The molecule has 0 aliphatic carbocycles. The Labute approximate surface area is 705 Å². The van der Waals surface area contributed by atoms with Crippen LogP contribution in [0.2, 0.25) is 0 Å². The zero-order valence-electron chi connectivity index (χ0n) is 63.4. The summed E-state index contributed by atoms with van der Waals surface area (Å²) in [6.07, 6.45) is 5.90. The topological polar surface area (TPSA) is 383 Å². The van der Waals surface area contributed by atoms with E-state index >= 15 is 0 Å². The molecule has 38 heteroatoms. The minimum atomic E-state index is -3.53. The molecule has 618 valence electrons. The number of esters is 3. The van der Waals surface area contributed by atoms with E-state index in [0.29, 0.717) is 46.9 Å². The molecule has 0 bridgehead atoms. The van der Waals surface area contributed by atoms with Gasteiger partial charge >= 0.3 is 85.4 Å². The van der Waals surface area contributed by atoms with Crippen LogP contribution in [0.25, 0.3) is 0 Å². The molecule has 113 heavy (non-hydrogen) atoms. The van der Waals surface area contributed by atoms with Gasteiger partial charge in [-0.15, -0.1) is 39.5 Å². The van der Waals surface area contributed by atoms with Crippen molar-refractivity contribution in [2.24, 2.45) is 0 Å². The monoisotopic (exact) mass is 1790 g/mol. The molecule has 0 saturated heterocycles. The molecule has 0 saturated carbocycles. The Morgan fingerprint density at radius 2 is 0.593 bits per heavy atom. The standard InChI is InChI=1S/C15H15O3P.2C14H19O5P.2C9H11O3P.C6H6O.C5H10O3.C3H5Cl2OP.Cl2OS.Na.H2O/c1-2-13-19(16,17-14-9-5-3-6-10-14)18-15-11-7-4-8-12-15;2*1-4-11-20(16,18-12(3)14(15)17-5-2)19-13-9-7-6-8-10-13;2*1-2-8-13(10,11)12-9-6-4-3-5-7-9;7-6-4-2-1-3-5-6;1-3-8-5(7)4(2)6;1-2-3-7(4,5)6;1-4(2)3;;/h2-12H,1,13H2;2*4,6-10,12H,1,5,11H2,2-3H3;2*2-7H,1,8H2,(H,10,11);1-5,7H;4,6H,3H2,1-2H3;2H,1,3H2;;;1H2/q;;;;;;;;;+1;/p-1/t;2*12-,20?;;;;4-;;;;/m.11...1..../s1. The van der Waals surface area contributed by atoms with Gasteiger partial charge in [0.25, 0.3) is 5.85 Å². The molecule has 7 aromatic carbocycles. The third-order valence-electron chi connectivity index (χ3n) is 11.3. The van der Waals surface area contributed by atoms with Gasteiger partial charge in [-0.25, -0.2) is 41.4 Å². The number of aliphatic hydroxyl groups excluding tert-OH is 1. The van der Waals surface area contributed by atoms with Gasteiger partial charge in [-0.2, -0.15) is 0 Å². The van der Waals surface area contributed by atoms with Crippen LogP contribution in [-0.2, 0) is 74.3 Å². The molecule has 0 amide bonds. The Balaban J connectivity index is -0.000000610. The molecular weight excluding hydrogens is 1700 g/mol. The number of carbonyl (C=O) groups is 3. The number of carbonyl (C=O) groups excluding carboxylic acids is 3. The van der Waals surface area contributed by atoms with Crippen molar-refractivity contribution in [3.63, 3.8) is 0 Å². The Bertz CT molecular complexity index is 3890. The summed E-state index contributed by atoms with van der Waals surface area (Å²) in [5.41, 5.74) is 0. The Morgan fingerprint density at radius 3 is 0.770 bits per heavy atom. The van der Waals surface area contributed by atoms with Crippen LogP contribution in [0.5, 0.6) is 40.2 Å². The number of para-hydroxylation sites is 7. The minimum Gasteiger partial charge on any atom is -0.870 e. The second kappa shape index (κ2) is 65.6. The fourth-order valence-electron chi connectivity index (χ4n) is 6.96. The Kier molecular flexibility index (Phi) is 65.4. The number of phenols is 1. The molecule has 7 atom stereocenters. The second-order valence-electron chi connectivity index (χ2n) is 20.9. The van der Waals surface area contributed by atoms with Gasteiger partial charge in [0.2, 0.25) is 9.23 Å². The van der Waals surface area contributed by atoms with E-state index in [9.17, 15) is 51.6 Å². The molecule has 5 N–H and O–H groups in total. The summed E-state index contributed by atoms with van der Waals surface area (Å²) in [4.78, 5) is 51.8. The maximum atomic E-state index is 12.6. The summed E-state index contributed by atoms with van der Waals surface area (Å²) in [6, 6.07) is 61.0. The van der Waals surface area contributed by atoms with Crippen molar-refractivity contribution < 1.29 is 151 Å². The first-order valence-corrected chi connectivity index (χ1v) is 48.1. The molecule has 0 aliphatic heterocycles. The number of hydrogen-bond donors (Lipinski definition) is 4. The largest absolute Gasteiger partial charge is 1.00 e. The molecule has 0 radical (unpaired) electrons. The van der Waals surface area contributed by atoms with Gasteiger partial charge in [0.1, 0.15) is 46.4 Å². The van der Waals surface area contributed by atoms with Crippen LogP contribution in [0, 0.1) is 0 Å². The van der Waals surface area contributed by atoms with E-state index in [0.717, 1.165) is 0 Å². The van der Waals surface area contributed by atoms with Crippen molar-refractivity contribution in [2.75, 3.05) is 56.8 Å². The third-order valence-corrected chi connectivity index (χ3v) is 20.6. The van der Waals surface area contributed by atoms with Crippen LogP contribution in [0.15, 0.2) is 288 Å². The van der Waals surface area contributed by atoms with E-state index < -0.39 is 89.3 Å². The number of rotatable bonds is 34. The second-order valence-corrected chi connectivity index (χ2v) is 38.3. The predicted octanol–water partition coefficient (Wildman–Crippen LogP) is 18.3. The van der Waals surface area contributed by atoms with Crippen LogP contribution in [0.1, 0.15) is 41.5 Å². The molecule has 0 fully saturated rings. The number of ether oxygens (including phenoxy) is 3. The summed E-state index contributed by atoms with van der Waals surface area (Å²) in [6.45, 7) is 30.9. The molecule has 0 aliphatic rings. The van der Waals surface area contributed by atoms with Crippen LogP contribution in [0.3, 0.4) is 0 Å². The number of halogens is 4. The number of allylic oxidation sites excluding steroid dienone is 6. The van der Waals surface area contributed by atoms with E-state index in [1.807, 2.05) is 66.7 Å². The third kappa shape index (κ3) is 62.4. The predicted molar refractivity (Wildman–Crippen MR) is 447 cm³/mol. The first-order valence-electron chi connectivity index (χ1n) is 32.9. The summed E-state index contributed by atoms with van der Waals surface area (Å²) in [5, 5.41) is 17.1. The molecule has 7 rings (SSSR count). The van der Waals surface area contributed by atoms with E-state index in [-0.39, 0.29) is 85.2 Å². The van der Waals surface area contributed by atoms with Crippen molar-refractivity contribution in [3.05, 3.63) is 288 Å². The summed E-state index contributed by atoms with van der Waals surface area (Å²) in [5.74, 6) is -1.58. The molecule has 0 spiro atoms. The number of hydrogen-bond acceptors (Lipinski definition) is 24. The van der Waals surface area contributed by atoms with Gasteiger partial charge in [-0.1, -0.05) is 164 Å². The van der Waals surface area contributed by atoms with Crippen molar-refractivity contribution >= 4 is 115 Å². The molecule has 7 aromatic rings. The van der Waals surface area contributed by atoms with Gasteiger partial charge in [-0.3, -0.25) is 13.6 Å². The average molecular weight is 1800 g/mol. The summed E-state index contributed by atoms with van der Waals surface area (Å²) < 4.78 is 136. The van der Waals surface area contributed by atoms with Crippen molar-refractivity contribution in [1.82, 2.24) is 0 Å². The van der Waals surface area contributed by atoms with Crippen molar-refractivity contribution in [3.8, 4) is 40.2 Å². The number of aromatic hydroxyl groups is 1. The van der Waals surface area contributed by atoms with E-state index in [4.69, 9.17) is 82.6 Å². The van der Waals surface area contributed by atoms with Gasteiger partial charge in [0.05, 0.1) is 50.6 Å². The SMILES string of the molecule is C=CCP(=O)(Cl)Cl.C=CCP(=O)(O)Oc1ccccc1.C=CCP(=O)(O)Oc1ccccc1.C=CCP(=O)(Oc1ccccc1)O[C@H](C)C(=O)OCC.C=CCP(=O)(Oc1ccccc1)O[C@H](C)C(=O)OCC.C=CCP(=O)(Oc1ccccc1)Oc1ccccc1.CCOC(=O)[C@@H](C)O.O=S(Cl)Cl.Oc1ccccc1.[Na+].[OH-]. The number of phenolic OH excluding ortho intramolecular Hbond substituents is 1. The van der Waals surface area contributed by atoms with Crippen molar-refractivity contribution in [1.29, 1.82) is 0 Å². The number of aliphatic hydroxyl groups is 1. The normalized spacial score (nSPS) is 12.9. The molecule has 4 unspecified atom stereocenters. The summed E-state index contributed by atoms with van der Waals surface area (Å²) >= 11 is 10.2. The molecule has 0 aromatic heterocycles. The van der Waals surface area contributed by atoms with Gasteiger partial charge in [0, 0.05) is 27.5 Å². The first-order chi connectivity index (χ1) is 52.4. The van der Waals surface area contributed by atoms with Crippen LogP contribution in [-0.4, -0.2) is 123 Å². The van der Waals surface area contributed by atoms with E-state index in [1.54, 1.807) is 166 Å². The van der Waals surface area contributed by atoms with Gasteiger partial charge in [-0.05, 0) is 149 Å².